The monoisotopic (exact) mass is 265 g/mol. The molecule has 0 saturated heterocycles. The number of azo groups is 1. The topological polar surface area (TPSA) is 92.5 Å². The van der Waals surface area contributed by atoms with Crippen LogP contribution in [0.1, 0.15) is 0 Å². The molecule has 0 saturated carbocycles. The smallest absolute Gasteiger partial charge is 0.355 e. The maximum absolute atomic E-state index is 11.9. The average molecular weight is 265 g/mol. The largest absolute Gasteiger partial charge is 0.373 e. The van der Waals surface area contributed by atoms with E-state index in [1.54, 1.807) is 6.20 Å². The molecule has 20 heavy (non-hydrogen) atoms. The van der Waals surface area contributed by atoms with Gasteiger partial charge in [0.15, 0.2) is 0 Å². The minimum absolute atomic E-state index is 0.0179. The predicted octanol–water partition coefficient (Wildman–Crippen LogP) is 2.46. The fourth-order valence-electron chi connectivity index (χ4n) is 2.33. The Kier molecular flexibility index (Phi) is 2.00. The van der Waals surface area contributed by atoms with Gasteiger partial charge in [0.2, 0.25) is 0 Å². The predicted molar refractivity (Wildman–Crippen MR) is 71.1 cm³/mol. The molecule has 0 radical (unpaired) electrons. The number of aromatic amines is 1. The van der Waals surface area contributed by atoms with Gasteiger partial charge in [-0.05, 0) is 5.56 Å². The zero-order chi connectivity index (χ0) is 13.7. The first-order chi connectivity index (χ1) is 9.75. The van der Waals surface area contributed by atoms with Crippen LogP contribution in [0.5, 0.6) is 0 Å². The van der Waals surface area contributed by atoms with Gasteiger partial charge in [-0.15, -0.1) is 5.11 Å². The fourth-order valence-corrected chi connectivity index (χ4v) is 2.33. The lowest BCUT2D eigenvalue weighted by molar-refractivity contribution is 0.252. The minimum atomic E-state index is -0.547. The molecule has 1 aliphatic heterocycles. The first-order valence-corrected chi connectivity index (χ1v) is 5.91. The number of nitrogens with zero attached hydrogens (tertiary/aromatic N) is 4. The van der Waals surface area contributed by atoms with Gasteiger partial charge in [0.1, 0.15) is 5.52 Å². The van der Waals surface area contributed by atoms with Gasteiger partial charge in [-0.1, -0.05) is 35.4 Å². The van der Waals surface area contributed by atoms with E-state index < -0.39 is 11.6 Å². The molecule has 1 N–H and O–H groups in total. The Hall–Kier alpha value is -3.09. The first kappa shape index (κ1) is 10.8. The normalized spacial score (nSPS) is 13.1. The van der Waals surface area contributed by atoms with Gasteiger partial charge in [0.05, 0.1) is 5.52 Å². The third kappa shape index (κ3) is 1.31. The minimum Gasteiger partial charge on any atom is -0.355 e. The number of H-pyrrole nitrogens is 1. The number of hydrogen-bond acceptors (Lipinski definition) is 4. The number of benzene rings is 1. The molecule has 1 aliphatic rings. The zero-order valence-corrected chi connectivity index (χ0v) is 10.1. The third-order valence-corrected chi connectivity index (χ3v) is 3.19. The van der Waals surface area contributed by atoms with Gasteiger partial charge < -0.3 is 4.98 Å². The lowest BCUT2D eigenvalue weighted by Gasteiger charge is -2.03. The number of hydrogen-bond donors (Lipinski definition) is 1. The number of rotatable bonds is 1. The molecular weight excluding hydrogens is 258 g/mol. The molecule has 96 valence electrons. The van der Waals surface area contributed by atoms with Crippen LogP contribution in [0.15, 0.2) is 51.6 Å². The molecule has 0 aliphatic carbocycles. The molecule has 3 aromatic rings. The highest BCUT2D eigenvalue weighted by Crippen LogP contribution is 2.30. The zero-order valence-electron chi connectivity index (χ0n) is 10.1. The van der Waals surface area contributed by atoms with Crippen LogP contribution in [0.4, 0.5) is 10.7 Å². The van der Waals surface area contributed by atoms with Gasteiger partial charge in [0, 0.05) is 11.8 Å². The van der Waals surface area contributed by atoms with E-state index in [9.17, 15) is 9.59 Å². The number of carbonyl (C=O) groups excluding carboxylic acids is 1. The number of aromatic nitrogens is 3. The van der Waals surface area contributed by atoms with Crippen molar-refractivity contribution >= 4 is 23.0 Å². The van der Waals surface area contributed by atoms with Crippen LogP contribution in [0, 0.1) is 0 Å². The molecule has 3 heterocycles. The Labute approximate surface area is 111 Å². The Bertz CT molecular complexity index is 937. The van der Waals surface area contributed by atoms with E-state index in [4.69, 9.17) is 0 Å². The van der Waals surface area contributed by atoms with Crippen LogP contribution >= 0.6 is 0 Å². The van der Waals surface area contributed by atoms with Crippen molar-refractivity contribution in [1.29, 1.82) is 0 Å². The average Bonchev–Trinajstić information content (AvgIpc) is 3.04. The number of carbonyl (C=O) groups is 1. The van der Waals surface area contributed by atoms with Crippen LogP contribution in [-0.4, -0.2) is 20.6 Å². The van der Waals surface area contributed by atoms with Gasteiger partial charge in [-0.2, -0.15) is 4.98 Å². The van der Waals surface area contributed by atoms with Gasteiger partial charge in [-0.3, -0.25) is 4.79 Å². The van der Waals surface area contributed by atoms with E-state index in [0.29, 0.717) is 5.52 Å². The molecule has 7 heteroatoms. The Morgan fingerprint density at radius 2 is 1.85 bits per heavy atom. The molecule has 4 rings (SSSR count). The fraction of sp³-hybridized carbons (Fsp3) is 0. The summed E-state index contributed by atoms with van der Waals surface area (Å²) in [5.74, 6) is 0.0179. The Morgan fingerprint density at radius 3 is 2.65 bits per heavy atom. The maximum atomic E-state index is 11.9. The summed E-state index contributed by atoms with van der Waals surface area (Å²) in [7, 11) is 0. The summed E-state index contributed by atoms with van der Waals surface area (Å²) in [6.45, 7) is 0. The second-order valence-corrected chi connectivity index (χ2v) is 4.33. The maximum Gasteiger partial charge on any atom is 0.373 e. The standard InChI is InChI=1S/C13H7N5O2/c19-11-9-10(18-12(15-11)16-17-13(18)20)8(6-14-9)7-4-2-1-3-5-7/h1-6,14H. The molecular formula is C13H7N5O2. The second-order valence-electron chi connectivity index (χ2n) is 4.33. The van der Waals surface area contributed by atoms with Crippen molar-refractivity contribution in [3.8, 4) is 11.1 Å². The highest BCUT2D eigenvalue weighted by molar-refractivity contribution is 6.00. The Morgan fingerprint density at radius 1 is 1.05 bits per heavy atom. The van der Waals surface area contributed by atoms with E-state index >= 15 is 0 Å². The number of amides is 1. The van der Waals surface area contributed by atoms with Gasteiger partial charge in [0.25, 0.3) is 11.5 Å². The lowest BCUT2D eigenvalue weighted by atomic mass is 10.1. The number of nitrogens with one attached hydrogen (secondary N) is 1. The summed E-state index contributed by atoms with van der Waals surface area (Å²) in [6, 6.07) is 8.91. The third-order valence-electron chi connectivity index (χ3n) is 3.19. The van der Waals surface area contributed by atoms with Crippen molar-refractivity contribution in [3.63, 3.8) is 0 Å². The quantitative estimate of drug-likeness (QED) is 0.732. The van der Waals surface area contributed by atoms with Crippen LogP contribution in [-0.2, 0) is 0 Å². The van der Waals surface area contributed by atoms with Crippen molar-refractivity contribution in [3.05, 3.63) is 46.9 Å². The van der Waals surface area contributed by atoms with Crippen molar-refractivity contribution in [2.45, 2.75) is 0 Å². The SMILES string of the molecule is O=C1N=Nc2nc(=O)c3[nH]cc(-c4ccccc4)c3n21. The van der Waals surface area contributed by atoms with E-state index in [-0.39, 0.29) is 11.5 Å². The molecule has 0 fully saturated rings. The number of fused-ring (bicyclic) bond motifs is 3. The van der Waals surface area contributed by atoms with E-state index in [1.807, 2.05) is 30.3 Å². The summed E-state index contributed by atoms with van der Waals surface area (Å²) in [5.41, 5.74) is 1.90. The second kappa shape index (κ2) is 3.70. The van der Waals surface area contributed by atoms with Crippen molar-refractivity contribution in [2.24, 2.45) is 10.2 Å². The molecule has 0 unspecified atom stereocenters. The summed E-state index contributed by atoms with van der Waals surface area (Å²) < 4.78 is 1.25. The molecule has 0 spiro atoms. The van der Waals surface area contributed by atoms with E-state index in [2.05, 4.69) is 20.2 Å². The summed E-state index contributed by atoms with van der Waals surface area (Å²) >= 11 is 0. The van der Waals surface area contributed by atoms with Gasteiger partial charge >= 0.3 is 6.03 Å². The molecule has 0 atom stereocenters. The van der Waals surface area contributed by atoms with Gasteiger partial charge in [-0.25, -0.2) is 9.36 Å². The van der Waals surface area contributed by atoms with Crippen LogP contribution < -0.4 is 5.56 Å². The van der Waals surface area contributed by atoms with Crippen LogP contribution in [0.25, 0.3) is 22.2 Å². The molecule has 2 aromatic heterocycles. The first-order valence-electron chi connectivity index (χ1n) is 5.91. The van der Waals surface area contributed by atoms with Crippen molar-refractivity contribution in [2.75, 3.05) is 0 Å². The summed E-state index contributed by atoms with van der Waals surface area (Å²) in [5, 5.41) is 7.06. The molecule has 7 nitrogen and oxygen atoms in total. The van der Waals surface area contributed by atoms with E-state index in [0.717, 1.165) is 11.1 Å². The van der Waals surface area contributed by atoms with Crippen LogP contribution in [0.2, 0.25) is 0 Å². The highest BCUT2D eigenvalue weighted by atomic mass is 16.2. The van der Waals surface area contributed by atoms with E-state index in [1.165, 1.54) is 4.57 Å². The van der Waals surface area contributed by atoms with Crippen molar-refractivity contribution in [1.82, 2.24) is 14.5 Å². The molecule has 1 amide bonds. The molecule has 1 aromatic carbocycles. The van der Waals surface area contributed by atoms with Crippen molar-refractivity contribution < 1.29 is 4.79 Å². The van der Waals surface area contributed by atoms with Crippen LogP contribution in [0.3, 0.4) is 0 Å². The Balaban J connectivity index is 2.16. The molecule has 0 bridgehead atoms. The summed E-state index contributed by atoms with van der Waals surface area (Å²) in [6.07, 6.45) is 1.68. The summed E-state index contributed by atoms with van der Waals surface area (Å²) in [4.78, 5) is 30.3. The highest BCUT2D eigenvalue weighted by Gasteiger charge is 2.24. The lowest BCUT2D eigenvalue weighted by Crippen LogP contribution is -2.14.